The van der Waals surface area contributed by atoms with Crippen molar-refractivity contribution in [2.24, 2.45) is 0 Å². The topological polar surface area (TPSA) is 149 Å². The van der Waals surface area contributed by atoms with Gasteiger partial charge in [-0.15, -0.1) is 0 Å². The average Bonchev–Trinajstić information content (AvgIpc) is 3.36. The van der Waals surface area contributed by atoms with Crippen molar-refractivity contribution in [1.82, 2.24) is 5.32 Å². The predicted molar refractivity (Wildman–Crippen MR) is 295 cm³/mol. The van der Waals surface area contributed by atoms with E-state index in [9.17, 15) is 30.3 Å². The minimum atomic E-state index is -1.55. The van der Waals surface area contributed by atoms with E-state index < -0.39 is 49.5 Å². The third-order valence-corrected chi connectivity index (χ3v) is 15.5. The van der Waals surface area contributed by atoms with Crippen LogP contribution in [0.5, 0.6) is 0 Å². The van der Waals surface area contributed by atoms with Gasteiger partial charge in [0.2, 0.25) is 5.91 Å². The molecule has 6 N–H and O–H groups in total. The lowest BCUT2D eigenvalue weighted by atomic mass is 9.99. The molecular formula is C61H121NO8. The highest BCUT2D eigenvalue weighted by atomic mass is 16.7. The number of aliphatic hydroxyl groups is 5. The molecule has 1 fully saturated rings. The van der Waals surface area contributed by atoms with Gasteiger partial charge < -0.3 is 40.3 Å². The summed E-state index contributed by atoms with van der Waals surface area (Å²) >= 11 is 0. The van der Waals surface area contributed by atoms with Gasteiger partial charge in [0.1, 0.15) is 24.4 Å². The quantitative estimate of drug-likeness (QED) is 0.0330. The molecule has 1 aliphatic rings. The van der Waals surface area contributed by atoms with Crippen LogP contribution < -0.4 is 5.32 Å². The van der Waals surface area contributed by atoms with Crippen molar-refractivity contribution in [3.63, 3.8) is 0 Å². The first-order valence-corrected chi connectivity index (χ1v) is 31.2. The first kappa shape index (κ1) is 67.2. The zero-order valence-corrected chi connectivity index (χ0v) is 46.6. The zero-order chi connectivity index (χ0) is 50.8. The van der Waals surface area contributed by atoms with Crippen LogP contribution in [0.25, 0.3) is 0 Å². The summed E-state index contributed by atoms with van der Waals surface area (Å²) in [5.74, 6) is -0.135. The molecule has 0 radical (unpaired) electrons. The number of carbonyl (C=O) groups is 1. The fourth-order valence-electron chi connectivity index (χ4n) is 10.5. The van der Waals surface area contributed by atoms with Crippen molar-refractivity contribution in [2.45, 2.75) is 371 Å². The van der Waals surface area contributed by atoms with Crippen LogP contribution in [0.1, 0.15) is 328 Å². The van der Waals surface area contributed by atoms with Crippen molar-refractivity contribution < 1.29 is 39.8 Å². The van der Waals surface area contributed by atoms with E-state index in [0.29, 0.717) is 12.8 Å². The molecular weight excluding hydrogens is 875 g/mol. The van der Waals surface area contributed by atoms with Crippen LogP contribution in [0.4, 0.5) is 0 Å². The molecule has 1 saturated heterocycles. The van der Waals surface area contributed by atoms with Crippen molar-refractivity contribution in [1.29, 1.82) is 0 Å². The molecule has 0 saturated carbocycles. The van der Waals surface area contributed by atoms with Gasteiger partial charge >= 0.3 is 0 Å². The third-order valence-electron chi connectivity index (χ3n) is 15.5. The van der Waals surface area contributed by atoms with Crippen LogP contribution >= 0.6 is 0 Å². The fourth-order valence-corrected chi connectivity index (χ4v) is 10.5. The molecule has 9 nitrogen and oxygen atoms in total. The highest BCUT2D eigenvalue weighted by molar-refractivity contribution is 5.76. The first-order chi connectivity index (χ1) is 34.3. The second-order valence-corrected chi connectivity index (χ2v) is 22.2. The smallest absolute Gasteiger partial charge is 0.220 e. The van der Waals surface area contributed by atoms with Crippen LogP contribution in [0.2, 0.25) is 0 Å². The van der Waals surface area contributed by atoms with Crippen LogP contribution in [0.3, 0.4) is 0 Å². The number of unbranched alkanes of at least 4 members (excludes halogenated alkanes) is 45. The number of nitrogens with one attached hydrogen (secondary N) is 1. The van der Waals surface area contributed by atoms with Gasteiger partial charge in [-0.2, -0.15) is 0 Å². The molecule has 418 valence electrons. The number of ether oxygens (including phenoxy) is 2. The van der Waals surface area contributed by atoms with Gasteiger partial charge in [0, 0.05) is 6.42 Å². The Bertz CT molecular complexity index is 1060. The van der Waals surface area contributed by atoms with E-state index in [1.807, 2.05) is 0 Å². The van der Waals surface area contributed by atoms with Crippen molar-refractivity contribution >= 4 is 5.91 Å². The monoisotopic (exact) mass is 996 g/mol. The molecule has 0 aromatic rings. The number of carbonyl (C=O) groups excluding carboxylic acids is 1. The second-order valence-electron chi connectivity index (χ2n) is 22.2. The maximum atomic E-state index is 13.1. The van der Waals surface area contributed by atoms with E-state index in [1.165, 1.54) is 263 Å². The molecule has 0 spiro atoms. The van der Waals surface area contributed by atoms with Gasteiger partial charge in [-0.25, -0.2) is 0 Å². The Hall–Kier alpha value is -0.810. The largest absolute Gasteiger partial charge is 0.394 e. The first-order valence-electron chi connectivity index (χ1n) is 31.2. The summed E-state index contributed by atoms with van der Waals surface area (Å²) < 4.78 is 11.3. The molecule has 2 unspecified atom stereocenters. The summed E-state index contributed by atoms with van der Waals surface area (Å²) in [6.45, 7) is 3.89. The third kappa shape index (κ3) is 40.6. The minimum absolute atomic E-state index is 0.131. The van der Waals surface area contributed by atoms with Crippen LogP contribution in [-0.4, -0.2) is 87.5 Å². The van der Waals surface area contributed by atoms with Gasteiger partial charge in [-0.3, -0.25) is 4.79 Å². The maximum Gasteiger partial charge on any atom is 0.220 e. The number of amides is 1. The Morgan fingerprint density at radius 1 is 0.429 bits per heavy atom. The van der Waals surface area contributed by atoms with Gasteiger partial charge in [-0.05, 0) is 12.8 Å². The van der Waals surface area contributed by atoms with E-state index in [4.69, 9.17) is 9.47 Å². The lowest BCUT2D eigenvalue weighted by Gasteiger charge is -2.40. The molecule has 7 atom stereocenters. The zero-order valence-electron chi connectivity index (χ0n) is 46.6. The number of rotatable bonds is 55. The molecule has 1 rings (SSSR count). The predicted octanol–water partition coefficient (Wildman–Crippen LogP) is 15.8. The summed E-state index contributed by atoms with van der Waals surface area (Å²) in [6, 6.07) is -0.713. The van der Waals surface area contributed by atoms with E-state index in [1.54, 1.807) is 0 Å². The Morgan fingerprint density at radius 3 is 1.01 bits per heavy atom. The highest BCUT2D eigenvalue weighted by Crippen LogP contribution is 2.24. The average molecular weight is 997 g/mol. The second kappa shape index (κ2) is 51.7. The van der Waals surface area contributed by atoms with Gasteiger partial charge in [0.15, 0.2) is 6.29 Å². The Labute approximate surface area is 434 Å². The van der Waals surface area contributed by atoms with Crippen molar-refractivity contribution in [3.8, 4) is 0 Å². The summed E-state index contributed by atoms with van der Waals surface area (Å²) in [5, 5.41) is 54.7. The standard InChI is InChI=1S/C61H121NO8/c1-3-5-7-9-11-13-15-17-19-21-22-23-24-25-26-27-28-29-30-31-32-33-34-35-37-39-41-43-45-47-49-51-57(65)62-54(53-69-61-60(68)59(67)58(66)56(52-63)70-61)55(64)50-48-46-44-42-40-38-36-20-18-16-14-12-10-8-6-4-2/h54-56,58-61,63-64,66-68H,3-53H2,1-2H3,(H,62,65)/t54-,55+,56+,58-,59?,60?,61+/m0/s1. The lowest BCUT2D eigenvalue weighted by molar-refractivity contribution is -0.302. The molecule has 9 heteroatoms. The van der Waals surface area contributed by atoms with E-state index in [0.717, 1.165) is 38.5 Å². The van der Waals surface area contributed by atoms with Crippen LogP contribution in [0.15, 0.2) is 0 Å². The summed E-state index contributed by atoms with van der Waals surface area (Å²) in [4.78, 5) is 13.1. The molecule has 1 amide bonds. The SMILES string of the molecule is CCCCCCCCCCCCCCCCCCCCCCCCCCCCCCCCCC(=O)N[C@@H](CO[C@@H]1O[C@H](CO)[C@H](O)C(O)C1O)[C@H](O)CCCCCCCCCCCCCCCCCC. The van der Waals surface area contributed by atoms with Crippen molar-refractivity contribution in [3.05, 3.63) is 0 Å². The van der Waals surface area contributed by atoms with Crippen LogP contribution in [-0.2, 0) is 14.3 Å². The van der Waals surface area contributed by atoms with E-state index >= 15 is 0 Å². The summed E-state index contributed by atoms with van der Waals surface area (Å²) in [7, 11) is 0. The Kier molecular flexibility index (Phi) is 49.6. The molecule has 0 aromatic carbocycles. The Morgan fingerprint density at radius 2 is 0.714 bits per heavy atom. The number of hydrogen-bond donors (Lipinski definition) is 6. The summed E-state index contributed by atoms with van der Waals surface area (Å²) in [5.41, 5.74) is 0. The van der Waals surface area contributed by atoms with E-state index in [-0.39, 0.29) is 12.5 Å². The molecule has 0 aromatic heterocycles. The minimum Gasteiger partial charge on any atom is -0.394 e. The molecule has 70 heavy (non-hydrogen) atoms. The highest BCUT2D eigenvalue weighted by Gasteiger charge is 2.44. The van der Waals surface area contributed by atoms with E-state index in [2.05, 4.69) is 19.2 Å². The van der Waals surface area contributed by atoms with Crippen LogP contribution in [0, 0.1) is 0 Å². The lowest BCUT2D eigenvalue weighted by Crippen LogP contribution is -2.60. The van der Waals surface area contributed by atoms with Gasteiger partial charge in [0.05, 0.1) is 25.4 Å². The summed E-state index contributed by atoms with van der Waals surface area (Å²) in [6.07, 6.45) is 55.8. The fraction of sp³-hybridized carbons (Fsp3) is 0.984. The molecule has 0 bridgehead atoms. The molecule has 1 aliphatic heterocycles. The van der Waals surface area contributed by atoms with Crippen molar-refractivity contribution in [2.75, 3.05) is 13.2 Å². The normalized spacial score (nSPS) is 19.2. The molecule has 0 aliphatic carbocycles. The molecule has 1 heterocycles. The Balaban J connectivity index is 2.09. The van der Waals surface area contributed by atoms with Gasteiger partial charge in [0.25, 0.3) is 0 Å². The van der Waals surface area contributed by atoms with Gasteiger partial charge in [-0.1, -0.05) is 309 Å². The number of aliphatic hydroxyl groups excluding tert-OH is 5. The maximum absolute atomic E-state index is 13.1. The number of hydrogen-bond acceptors (Lipinski definition) is 8.